The third-order valence-corrected chi connectivity index (χ3v) is 7.05. The molecule has 0 saturated carbocycles. The van der Waals surface area contributed by atoms with Crippen molar-refractivity contribution in [2.75, 3.05) is 10.6 Å². The molecule has 0 radical (unpaired) electrons. The normalized spacial score (nSPS) is 18.4. The van der Waals surface area contributed by atoms with Gasteiger partial charge >= 0.3 is 5.97 Å². The van der Waals surface area contributed by atoms with E-state index in [1.165, 1.54) is 11.8 Å². The molecule has 1 aliphatic carbocycles. The van der Waals surface area contributed by atoms with Gasteiger partial charge in [-0.15, -0.1) is 11.8 Å². The Labute approximate surface area is 206 Å². The fourth-order valence-corrected chi connectivity index (χ4v) is 5.13. The van der Waals surface area contributed by atoms with Crippen LogP contribution in [0.1, 0.15) is 26.2 Å². The molecular weight excluding hydrogens is 483 g/mol. The summed E-state index contributed by atoms with van der Waals surface area (Å²) < 4.78 is 0. The van der Waals surface area contributed by atoms with E-state index in [9.17, 15) is 19.5 Å². The lowest BCUT2D eigenvalue weighted by atomic mass is 9.82. The molecule has 0 saturated heterocycles. The first-order valence-electron chi connectivity index (χ1n) is 10.5. The molecule has 0 bridgehead atoms. The number of carbonyl (C=O) groups is 3. The SMILES string of the molecule is CCC(Sc1cccc(NC(=O)C2CC=CCC2C(=O)O)c1)C(=O)Nc1cc(Cl)cc(Cl)c1. The average molecular weight is 507 g/mol. The largest absolute Gasteiger partial charge is 0.481 e. The van der Waals surface area contributed by atoms with Gasteiger partial charge in [0.05, 0.1) is 17.1 Å². The number of nitrogens with one attached hydrogen (secondary N) is 2. The Morgan fingerprint density at radius 2 is 1.67 bits per heavy atom. The Bertz CT molecular complexity index is 1060. The first-order chi connectivity index (χ1) is 15.8. The first-order valence-corrected chi connectivity index (χ1v) is 12.1. The van der Waals surface area contributed by atoms with Crippen molar-refractivity contribution in [1.82, 2.24) is 0 Å². The van der Waals surface area contributed by atoms with Crippen LogP contribution in [0.3, 0.4) is 0 Å². The molecule has 3 atom stereocenters. The zero-order valence-corrected chi connectivity index (χ0v) is 20.2. The maximum absolute atomic E-state index is 12.8. The Morgan fingerprint density at radius 1 is 1.00 bits per heavy atom. The maximum atomic E-state index is 12.8. The lowest BCUT2D eigenvalue weighted by Gasteiger charge is -2.24. The number of aliphatic carboxylic acids is 1. The predicted octanol–water partition coefficient (Wildman–Crippen LogP) is 6.11. The van der Waals surface area contributed by atoms with E-state index >= 15 is 0 Å². The van der Waals surface area contributed by atoms with Crippen LogP contribution in [-0.4, -0.2) is 28.1 Å². The van der Waals surface area contributed by atoms with Crippen LogP contribution in [0.5, 0.6) is 0 Å². The number of anilines is 2. The smallest absolute Gasteiger partial charge is 0.307 e. The number of halogens is 2. The van der Waals surface area contributed by atoms with Crippen molar-refractivity contribution in [2.24, 2.45) is 11.8 Å². The van der Waals surface area contributed by atoms with Gasteiger partial charge in [-0.05, 0) is 55.7 Å². The lowest BCUT2D eigenvalue weighted by Crippen LogP contribution is -2.34. The Hall–Kier alpha value is -2.48. The zero-order valence-electron chi connectivity index (χ0n) is 17.9. The highest BCUT2D eigenvalue weighted by atomic mass is 35.5. The molecule has 174 valence electrons. The number of amides is 2. The van der Waals surface area contributed by atoms with Crippen molar-refractivity contribution in [3.8, 4) is 0 Å². The van der Waals surface area contributed by atoms with Gasteiger partial charge in [0, 0.05) is 26.3 Å². The second-order valence-electron chi connectivity index (χ2n) is 7.67. The highest BCUT2D eigenvalue weighted by molar-refractivity contribution is 8.00. The van der Waals surface area contributed by atoms with E-state index in [2.05, 4.69) is 10.6 Å². The fraction of sp³-hybridized carbons (Fsp3) is 0.292. The number of carboxylic acid groups (broad SMARTS) is 1. The molecule has 2 amide bonds. The van der Waals surface area contributed by atoms with Crippen LogP contribution >= 0.6 is 35.0 Å². The standard InChI is InChI=1S/C24H24Cl2N2O4S/c1-2-21(23(30)28-17-11-14(25)10-15(26)12-17)33-18-7-5-6-16(13-18)27-22(29)19-8-3-4-9-20(19)24(31)32/h3-7,10-13,19-21H,2,8-9H2,1H3,(H,27,29)(H,28,30)(H,31,32). The number of rotatable bonds is 8. The van der Waals surface area contributed by atoms with Gasteiger partial charge in [0.15, 0.2) is 0 Å². The minimum atomic E-state index is -0.971. The van der Waals surface area contributed by atoms with E-state index in [4.69, 9.17) is 23.2 Å². The minimum Gasteiger partial charge on any atom is -0.481 e. The van der Waals surface area contributed by atoms with Crippen molar-refractivity contribution in [3.63, 3.8) is 0 Å². The molecule has 3 unspecified atom stereocenters. The molecule has 2 aromatic carbocycles. The third-order valence-electron chi connectivity index (χ3n) is 5.26. The first kappa shape index (κ1) is 25.1. The van der Waals surface area contributed by atoms with Crippen LogP contribution < -0.4 is 10.6 Å². The van der Waals surface area contributed by atoms with E-state index in [-0.39, 0.29) is 17.1 Å². The van der Waals surface area contributed by atoms with E-state index in [0.29, 0.717) is 40.7 Å². The summed E-state index contributed by atoms with van der Waals surface area (Å²) in [5.41, 5.74) is 1.08. The van der Waals surface area contributed by atoms with Crippen molar-refractivity contribution < 1.29 is 19.5 Å². The van der Waals surface area contributed by atoms with Crippen LogP contribution in [0.15, 0.2) is 59.5 Å². The van der Waals surface area contributed by atoms with Crippen LogP contribution in [0.2, 0.25) is 10.0 Å². The highest BCUT2D eigenvalue weighted by Crippen LogP contribution is 2.31. The van der Waals surface area contributed by atoms with Crippen LogP contribution in [0.25, 0.3) is 0 Å². The number of hydrogen-bond acceptors (Lipinski definition) is 4. The fourth-order valence-electron chi connectivity index (χ4n) is 3.59. The van der Waals surface area contributed by atoms with Crippen molar-refractivity contribution >= 4 is 64.1 Å². The van der Waals surface area contributed by atoms with Gasteiger partial charge in [-0.3, -0.25) is 14.4 Å². The number of allylic oxidation sites excluding steroid dienone is 2. The van der Waals surface area contributed by atoms with Gasteiger partial charge in [0.2, 0.25) is 11.8 Å². The number of carbonyl (C=O) groups excluding carboxylic acids is 2. The molecule has 0 heterocycles. The van der Waals surface area contributed by atoms with Crippen molar-refractivity contribution in [1.29, 1.82) is 0 Å². The minimum absolute atomic E-state index is 0.187. The third kappa shape index (κ3) is 7.00. The molecule has 33 heavy (non-hydrogen) atoms. The maximum Gasteiger partial charge on any atom is 0.307 e. The second kappa shape index (κ2) is 11.6. The van der Waals surface area contributed by atoms with Gasteiger partial charge in [-0.1, -0.05) is 48.3 Å². The summed E-state index contributed by atoms with van der Waals surface area (Å²) in [4.78, 5) is 37.8. The number of carboxylic acids is 1. The van der Waals surface area contributed by atoms with Crippen molar-refractivity contribution in [2.45, 2.75) is 36.3 Å². The molecule has 0 aromatic heterocycles. The monoisotopic (exact) mass is 506 g/mol. The van der Waals surface area contributed by atoms with Crippen molar-refractivity contribution in [3.05, 3.63) is 64.7 Å². The molecule has 3 N–H and O–H groups in total. The summed E-state index contributed by atoms with van der Waals surface area (Å²) in [7, 11) is 0. The molecular formula is C24H24Cl2N2O4S. The quantitative estimate of drug-likeness (QED) is 0.296. The summed E-state index contributed by atoms with van der Waals surface area (Å²) in [6, 6.07) is 12.0. The van der Waals surface area contributed by atoms with E-state index < -0.39 is 17.8 Å². The molecule has 0 spiro atoms. The number of benzene rings is 2. The van der Waals surface area contributed by atoms with E-state index in [1.807, 2.05) is 19.1 Å². The number of thioether (sulfide) groups is 1. The van der Waals surface area contributed by atoms with Gasteiger partial charge < -0.3 is 15.7 Å². The Morgan fingerprint density at radius 3 is 2.30 bits per heavy atom. The van der Waals surface area contributed by atoms with E-state index in [1.54, 1.807) is 42.5 Å². The van der Waals surface area contributed by atoms with Gasteiger partial charge in [0.1, 0.15) is 0 Å². The molecule has 9 heteroatoms. The van der Waals surface area contributed by atoms with Crippen LogP contribution in [0, 0.1) is 11.8 Å². The van der Waals surface area contributed by atoms with E-state index in [0.717, 1.165) is 4.90 Å². The molecule has 2 aromatic rings. The topological polar surface area (TPSA) is 95.5 Å². The second-order valence-corrected chi connectivity index (χ2v) is 9.82. The lowest BCUT2D eigenvalue weighted by molar-refractivity contribution is -0.146. The molecule has 3 rings (SSSR count). The summed E-state index contributed by atoms with van der Waals surface area (Å²) in [6.45, 7) is 1.91. The van der Waals surface area contributed by atoms with Gasteiger partial charge in [0.25, 0.3) is 0 Å². The number of hydrogen-bond donors (Lipinski definition) is 3. The molecule has 0 fully saturated rings. The highest BCUT2D eigenvalue weighted by Gasteiger charge is 2.34. The molecule has 1 aliphatic rings. The zero-order chi connectivity index (χ0) is 24.0. The summed E-state index contributed by atoms with van der Waals surface area (Å²) >= 11 is 13.4. The van der Waals surface area contributed by atoms with Gasteiger partial charge in [-0.25, -0.2) is 0 Å². The predicted molar refractivity (Wildman–Crippen MR) is 133 cm³/mol. The summed E-state index contributed by atoms with van der Waals surface area (Å²) in [6.07, 6.45) is 4.95. The van der Waals surface area contributed by atoms with Gasteiger partial charge in [-0.2, -0.15) is 0 Å². The Balaban J connectivity index is 1.66. The van der Waals surface area contributed by atoms with Crippen LogP contribution in [-0.2, 0) is 14.4 Å². The molecule has 6 nitrogen and oxygen atoms in total. The summed E-state index contributed by atoms with van der Waals surface area (Å²) in [5, 5.41) is 15.6. The average Bonchev–Trinajstić information content (AvgIpc) is 2.76. The summed E-state index contributed by atoms with van der Waals surface area (Å²) in [5.74, 6) is -2.84. The Kier molecular flexibility index (Phi) is 8.83. The molecule has 0 aliphatic heterocycles. The van der Waals surface area contributed by atoms with Crippen LogP contribution in [0.4, 0.5) is 11.4 Å².